The van der Waals surface area contributed by atoms with E-state index in [9.17, 15) is 9.18 Å². The molecule has 2 aromatic heterocycles. The predicted octanol–water partition coefficient (Wildman–Crippen LogP) is 5.20. The molecule has 2 aliphatic rings. The van der Waals surface area contributed by atoms with Crippen molar-refractivity contribution in [1.82, 2.24) is 19.5 Å². The van der Waals surface area contributed by atoms with E-state index in [4.69, 9.17) is 38.9 Å². The predicted molar refractivity (Wildman–Crippen MR) is 126 cm³/mol. The lowest BCUT2D eigenvalue weighted by molar-refractivity contribution is -0.122. The number of nitrogens with two attached hydrogens (primary N) is 1. The van der Waals surface area contributed by atoms with Gasteiger partial charge in [0.2, 0.25) is 17.8 Å². The van der Waals surface area contributed by atoms with Gasteiger partial charge in [-0.05, 0) is 57.1 Å². The van der Waals surface area contributed by atoms with E-state index in [1.54, 1.807) is 6.20 Å². The van der Waals surface area contributed by atoms with Gasteiger partial charge in [0.15, 0.2) is 5.65 Å². The number of anilines is 3. The summed E-state index contributed by atoms with van der Waals surface area (Å²) in [4.78, 5) is 25.5. The summed E-state index contributed by atoms with van der Waals surface area (Å²) in [5.41, 5.74) is 7.18. The molecule has 33 heavy (non-hydrogen) atoms. The minimum atomic E-state index is -0.522. The van der Waals surface area contributed by atoms with Crippen molar-refractivity contribution in [2.24, 2.45) is 11.7 Å². The first-order valence-corrected chi connectivity index (χ1v) is 11.9. The minimum absolute atomic E-state index is 0.0394. The van der Waals surface area contributed by atoms with Crippen molar-refractivity contribution in [3.8, 4) is 0 Å². The lowest BCUT2D eigenvalue weighted by atomic mass is 9.85. The lowest BCUT2D eigenvalue weighted by Gasteiger charge is -2.29. The fourth-order valence-electron chi connectivity index (χ4n) is 4.52. The van der Waals surface area contributed by atoms with Crippen LogP contribution in [0.3, 0.4) is 0 Å². The van der Waals surface area contributed by atoms with Crippen LogP contribution in [0.1, 0.15) is 51.0 Å². The number of imidazole rings is 1. The first kappa shape index (κ1) is 22.2. The number of carbonyl (C=O) groups excluding carboxylic acids is 1. The van der Waals surface area contributed by atoms with Crippen LogP contribution in [0, 0.1) is 11.7 Å². The van der Waals surface area contributed by atoms with Crippen molar-refractivity contribution in [2.45, 2.75) is 57.0 Å². The number of rotatable bonds is 6. The minimum Gasteiger partial charge on any atom is -0.369 e. The van der Waals surface area contributed by atoms with E-state index >= 15 is 0 Å². The van der Waals surface area contributed by atoms with Crippen LogP contribution in [0.15, 0.2) is 18.3 Å². The smallest absolute Gasteiger partial charge is 0.224 e. The zero-order chi connectivity index (χ0) is 23.1. The van der Waals surface area contributed by atoms with E-state index in [0.717, 1.165) is 25.7 Å². The Morgan fingerprint density at radius 2 is 1.79 bits per heavy atom. The molecule has 0 aliphatic heterocycles. The van der Waals surface area contributed by atoms with Crippen LogP contribution >= 0.6 is 23.2 Å². The summed E-state index contributed by atoms with van der Waals surface area (Å²) in [6.45, 7) is 0. The molecule has 11 heteroatoms. The number of amides is 1. The molecule has 0 saturated heterocycles. The largest absolute Gasteiger partial charge is 0.369 e. The van der Waals surface area contributed by atoms with Gasteiger partial charge in [0.25, 0.3) is 0 Å². The van der Waals surface area contributed by atoms with E-state index in [2.05, 4.69) is 15.6 Å². The fraction of sp³-hybridized carbons (Fsp3) is 0.455. The summed E-state index contributed by atoms with van der Waals surface area (Å²) in [7, 11) is 0. The van der Waals surface area contributed by atoms with Crippen LogP contribution in [0.5, 0.6) is 0 Å². The van der Waals surface area contributed by atoms with Gasteiger partial charge in [-0.15, -0.1) is 0 Å². The zero-order valence-electron chi connectivity index (χ0n) is 17.8. The topological polar surface area (TPSA) is 111 Å². The van der Waals surface area contributed by atoms with E-state index in [1.165, 1.54) is 18.6 Å². The van der Waals surface area contributed by atoms with Crippen molar-refractivity contribution in [1.29, 1.82) is 0 Å². The van der Waals surface area contributed by atoms with Gasteiger partial charge in [0, 0.05) is 18.0 Å². The normalized spacial score (nSPS) is 21.1. The number of primary amides is 1. The standard InChI is InChI=1S/C22H24Cl2FN7O/c23-15-8-12(25)9-16(24)18(15)30-22-29-17-10-27-21(28-13-2-1-3-13)31-20(17)32(22)14-6-4-11(5-7-14)19(26)33/h8-11,13-14H,1-7H2,(H2,26,33)(H,29,30)(H,27,28,31)/t11-,14+. The number of nitrogens with one attached hydrogen (secondary N) is 2. The van der Waals surface area contributed by atoms with Gasteiger partial charge in [-0.2, -0.15) is 4.98 Å². The van der Waals surface area contributed by atoms with E-state index in [0.29, 0.717) is 47.6 Å². The number of nitrogens with zero attached hydrogens (tertiary/aromatic N) is 4. The van der Waals surface area contributed by atoms with Crippen molar-refractivity contribution in [3.63, 3.8) is 0 Å². The van der Waals surface area contributed by atoms with Gasteiger partial charge in [-0.1, -0.05) is 23.2 Å². The third-order valence-electron chi connectivity index (χ3n) is 6.58. The van der Waals surface area contributed by atoms with Gasteiger partial charge in [-0.25, -0.2) is 14.4 Å². The van der Waals surface area contributed by atoms with Gasteiger partial charge in [0.1, 0.15) is 11.3 Å². The van der Waals surface area contributed by atoms with Gasteiger partial charge in [0.05, 0.1) is 21.9 Å². The Bertz CT molecular complexity index is 1180. The molecule has 0 radical (unpaired) electrons. The zero-order valence-corrected chi connectivity index (χ0v) is 19.3. The Kier molecular flexibility index (Phi) is 6.01. The molecule has 3 aromatic rings. The Morgan fingerprint density at radius 1 is 1.09 bits per heavy atom. The second-order valence-electron chi connectivity index (χ2n) is 8.76. The molecule has 5 rings (SSSR count). The van der Waals surface area contributed by atoms with E-state index < -0.39 is 5.82 Å². The highest BCUT2D eigenvalue weighted by Crippen LogP contribution is 2.39. The van der Waals surface area contributed by atoms with Gasteiger partial charge < -0.3 is 16.4 Å². The number of hydrogen-bond acceptors (Lipinski definition) is 6. The summed E-state index contributed by atoms with van der Waals surface area (Å²) in [6, 6.07) is 2.82. The molecule has 0 bridgehead atoms. The molecule has 4 N–H and O–H groups in total. The van der Waals surface area contributed by atoms with Crippen LogP contribution in [0.25, 0.3) is 11.2 Å². The molecule has 0 spiro atoms. The van der Waals surface area contributed by atoms with E-state index in [1.807, 2.05) is 4.57 Å². The van der Waals surface area contributed by atoms with Crippen molar-refractivity contribution in [3.05, 3.63) is 34.2 Å². The summed E-state index contributed by atoms with van der Waals surface area (Å²) >= 11 is 12.5. The molecule has 2 fully saturated rings. The molecule has 1 amide bonds. The van der Waals surface area contributed by atoms with Gasteiger partial charge >= 0.3 is 0 Å². The lowest BCUT2D eigenvalue weighted by Crippen LogP contribution is -2.29. The molecular weight excluding hydrogens is 468 g/mol. The molecule has 0 unspecified atom stereocenters. The van der Waals surface area contributed by atoms with Gasteiger partial charge in [-0.3, -0.25) is 9.36 Å². The monoisotopic (exact) mass is 491 g/mol. The quantitative estimate of drug-likeness (QED) is 0.437. The van der Waals surface area contributed by atoms with E-state index in [-0.39, 0.29) is 27.9 Å². The SMILES string of the molecule is NC(=O)[C@H]1CC[C@@H](n2c(Nc3c(Cl)cc(F)cc3Cl)nc3cnc(NC4CCC4)nc32)CC1. The fourth-order valence-corrected chi connectivity index (χ4v) is 5.08. The summed E-state index contributed by atoms with van der Waals surface area (Å²) in [5, 5.41) is 6.85. The average molecular weight is 492 g/mol. The maximum Gasteiger partial charge on any atom is 0.224 e. The summed E-state index contributed by atoms with van der Waals surface area (Å²) < 4.78 is 15.7. The Labute approximate surface area is 200 Å². The molecule has 2 heterocycles. The number of aromatic nitrogens is 4. The first-order chi connectivity index (χ1) is 15.9. The maximum atomic E-state index is 13.7. The first-order valence-electron chi connectivity index (χ1n) is 11.1. The second-order valence-corrected chi connectivity index (χ2v) is 9.57. The number of halogens is 3. The van der Waals surface area contributed by atoms with Crippen LogP contribution in [0.4, 0.5) is 22.0 Å². The highest BCUT2D eigenvalue weighted by molar-refractivity contribution is 6.39. The van der Waals surface area contributed by atoms with Crippen LogP contribution in [-0.2, 0) is 4.79 Å². The Balaban J connectivity index is 1.54. The average Bonchev–Trinajstić information content (AvgIpc) is 3.10. The number of hydrogen-bond donors (Lipinski definition) is 3. The van der Waals surface area contributed by atoms with Crippen LogP contribution in [0.2, 0.25) is 10.0 Å². The van der Waals surface area contributed by atoms with Crippen molar-refractivity contribution >= 4 is 57.9 Å². The number of benzene rings is 1. The maximum absolute atomic E-state index is 13.7. The number of carbonyl (C=O) groups is 1. The molecule has 174 valence electrons. The van der Waals surface area contributed by atoms with Crippen LogP contribution < -0.4 is 16.4 Å². The number of fused-ring (bicyclic) bond motifs is 1. The highest BCUT2D eigenvalue weighted by atomic mass is 35.5. The molecule has 2 aliphatic carbocycles. The second kappa shape index (κ2) is 8.95. The summed E-state index contributed by atoms with van der Waals surface area (Å²) in [6.07, 6.45) is 7.97. The third kappa shape index (κ3) is 4.44. The molecule has 0 atom stereocenters. The molecular formula is C22H24Cl2FN7O. The highest BCUT2D eigenvalue weighted by Gasteiger charge is 2.29. The Hall–Kier alpha value is -2.65. The molecule has 1 aromatic carbocycles. The van der Waals surface area contributed by atoms with Crippen LogP contribution in [-0.4, -0.2) is 31.5 Å². The summed E-state index contributed by atoms with van der Waals surface area (Å²) in [5.74, 6) is 0.133. The molecule has 2 saturated carbocycles. The molecule has 8 nitrogen and oxygen atoms in total. The van der Waals surface area contributed by atoms with Crippen molar-refractivity contribution < 1.29 is 9.18 Å². The third-order valence-corrected chi connectivity index (χ3v) is 7.18. The van der Waals surface area contributed by atoms with Crippen molar-refractivity contribution in [2.75, 3.05) is 10.6 Å². The Morgan fingerprint density at radius 3 is 2.39 bits per heavy atom.